The number of fused-ring (bicyclic) bond motifs is 1. The highest BCUT2D eigenvalue weighted by Crippen LogP contribution is 2.23. The van der Waals surface area contributed by atoms with Gasteiger partial charge in [0.05, 0.1) is 22.2 Å². The normalized spacial score (nSPS) is 10.8. The fourth-order valence-corrected chi connectivity index (χ4v) is 1.92. The minimum atomic E-state index is -0.461. The lowest BCUT2D eigenvalue weighted by Crippen LogP contribution is -1.99. The molecule has 1 aromatic carbocycles. The molecule has 7 nitrogen and oxygen atoms in total. The zero-order chi connectivity index (χ0) is 13.4. The van der Waals surface area contributed by atoms with E-state index in [0.717, 1.165) is 0 Å². The Morgan fingerprint density at radius 2 is 2.16 bits per heavy atom. The van der Waals surface area contributed by atoms with Crippen molar-refractivity contribution in [2.75, 3.05) is 0 Å². The van der Waals surface area contributed by atoms with Crippen LogP contribution in [0.1, 0.15) is 0 Å². The summed E-state index contributed by atoms with van der Waals surface area (Å²) in [5, 5.41) is 15.8. The molecule has 0 unspecified atom stereocenters. The largest absolute Gasteiger partial charge is 0.271 e. The molecule has 2 heterocycles. The summed E-state index contributed by atoms with van der Waals surface area (Å²) in [5.74, 6) is 0. The average Bonchev–Trinajstić information content (AvgIpc) is 2.84. The Kier molecular flexibility index (Phi) is 2.60. The van der Waals surface area contributed by atoms with Crippen molar-refractivity contribution in [1.29, 1.82) is 0 Å². The van der Waals surface area contributed by atoms with Gasteiger partial charge in [-0.3, -0.25) is 10.1 Å². The number of benzene rings is 1. The van der Waals surface area contributed by atoms with Gasteiger partial charge in [-0.2, -0.15) is 5.10 Å². The minimum absolute atomic E-state index is 0.0127. The van der Waals surface area contributed by atoms with Crippen LogP contribution in [0.4, 0.5) is 5.69 Å². The van der Waals surface area contributed by atoms with Crippen molar-refractivity contribution >= 4 is 28.3 Å². The molecule has 0 aliphatic carbocycles. The second-order valence-electron chi connectivity index (χ2n) is 3.74. The van der Waals surface area contributed by atoms with Gasteiger partial charge in [0.2, 0.25) is 0 Å². The maximum absolute atomic E-state index is 10.8. The van der Waals surface area contributed by atoms with E-state index in [2.05, 4.69) is 15.1 Å². The lowest BCUT2D eigenvalue weighted by atomic mass is 10.3. The Hall–Kier alpha value is -2.54. The molecular weight excluding hydrogens is 270 g/mol. The third-order valence-corrected chi connectivity index (χ3v) is 2.90. The molecule has 0 radical (unpaired) electrons. The van der Waals surface area contributed by atoms with Gasteiger partial charge in [0, 0.05) is 12.1 Å². The average molecular weight is 276 g/mol. The molecule has 3 aromatic rings. The zero-order valence-electron chi connectivity index (χ0n) is 9.39. The number of hydrogen-bond donors (Lipinski definition) is 0. The van der Waals surface area contributed by atoms with E-state index in [-0.39, 0.29) is 5.69 Å². The number of rotatable bonds is 2. The first-order valence-corrected chi connectivity index (χ1v) is 5.63. The Balaban J connectivity index is 2.22. The van der Waals surface area contributed by atoms with Crippen molar-refractivity contribution < 1.29 is 4.92 Å². The molecule has 0 amide bonds. The van der Waals surface area contributed by atoms with Crippen molar-refractivity contribution in [2.45, 2.75) is 0 Å². The highest BCUT2D eigenvalue weighted by Gasteiger charge is 2.12. The maximum atomic E-state index is 10.8. The standard InChI is InChI=1S/C11H6ClN5O2/c12-10-9-5-15-16(11(9)14-6-13-10)7-2-1-3-8(4-7)17(18)19/h1-6H. The van der Waals surface area contributed by atoms with Crippen LogP contribution in [0.5, 0.6) is 0 Å². The lowest BCUT2D eigenvalue weighted by molar-refractivity contribution is -0.384. The fourth-order valence-electron chi connectivity index (χ4n) is 1.74. The molecule has 0 fully saturated rings. The Morgan fingerprint density at radius 1 is 1.32 bits per heavy atom. The van der Waals surface area contributed by atoms with Gasteiger partial charge in [-0.15, -0.1) is 0 Å². The van der Waals surface area contributed by atoms with Crippen LogP contribution >= 0.6 is 11.6 Å². The van der Waals surface area contributed by atoms with E-state index in [4.69, 9.17) is 11.6 Å². The van der Waals surface area contributed by atoms with Crippen molar-refractivity contribution in [3.8, 4) is 5.69 Å². The first-order chi connectivity index (χ1) is 9.16. The molecule has 0 aliphatic heterocycles. The van der Waals surface area contributed by atoms with E-state index in [9.17, 15) is 10.1 Å². The van der Waals surface area contributed by atoms with E-state index in [1.54, 1.807) is 12.1 Å². The van der Waals surface area contributed by atoms with Gasteiger partial charge in [-0.1, -0.05) is 17.7 Å². The zero-order valence-corrected chi connectivity index (χ0v) is 10.2. The topological polar surface area (TPSA) is 86.7 Å². The number of aromatic nitrogens is 4. The van der Waals surface area contributed by atoms with Gasteiger partial charge >= 0.3 is 0 Å². The Labute approximate surface area is 111 Å². The summed E-state index contributed by atoms with van der Waals surface area (Å²) in [6.45, 7) is 0. The summed E-state index contributed by atoms with van der Waals surface area (Å²) in [7, 11) is 0. The second-order valence-corrected chi connectivity index (χ2v) is 4.09. The van der Waals surface area contributed by atoms with Gasteiger partial charge < -0.3 is 0 Å². The van der Waals surface area contributed by atoms with Gasteiger partial charge in [0.15, 0.2) is 5.65 Å². The number of nitrogens with zero attached hydrogens (tertiary/aromatic N) is 5. The highest BCUT2D eigenvalue weighted by atomic mass is 35.5. The van der Waals surface area contributed by atoms with Gasteiger partial charge in [0.1, 0.15) is 11.5 Å². The molecule has 0 N–H and O–H groups in total. The van der Waals surface area contributed by atoms with Crippen molar-refractivity contribution in [3.05, 3.63) is 52.1 Å². The van der Waals surface area contributed by atoms with E-state index >= 15 is 0 Å². The molecule has 2 aromatic heterocycles. The predicted molar refractivity (Wildman–Crippen MR) is 68.3 cm³/mol. The molecule has 0 spiro atoms. The fraction of sp³-hybridized carbons (Fsp3) is 0. The lowest BCUT2D eigenvalue weighted by Gasteiger charge is -2.02. The van der Waals surface area contributed by atoms with Crippen LogP contribution in [0, 0.1) is 10.1 Å². The van der Waals surface area contributed by atoms with Crippen molar-refractivity contribution in [2.24, 2.45) is 0 Å². The summed E-state index contributed by atoms with van der Waals surface area (Å²) in [4.78, 5) is 18.2. The molecule has 3 rings (SSSR count). The SMILES string of the molecule is O=[N+]([O-])c1cccc(-n2ncc3c(Cl)ncnc32)c1. The molecule has 8 heteroatoms. The maximum Gasteiger partial charge on any atom is 0.271 e. The molecule has 0 bridgehead atoms. The summed E-state index contributed by atoms with van der Waals surface area (Å²) in [6, 6.07) is 6.12. The first-order valence-electron chi connectivity index (χ1n) is 5.26. The Morgan fingerprint density at radius 3 is 2.95 bits per heavy atom. The van der Waals surface area contributed by atoms with Crippen LogP contribution < -0.4 is 0 Å². The van der Waals surface area contributed by atoms with E-state index < -0.39 is 4.92 Å². The molecule has 0 saturated heterocycles. The van der Waals surface area contributed by atoms with Crippen LogP contribution in [0.2, 0.25) is 5.15 Å². The van der Waals surface area contributed by atoms with Gasteiger partial charge in [0.25, 0.3) is 5.69 Å². The van der Waals surface area contributed by atoms with Crippen LogP contribution in [0.25, 0.3) is 16.7 Å². The monoisotopic (exact) mass is 275 g/mol. The van der Waals surface area contributed by atoms with Crippen LogP contribution in [0.15, 0.2) is 36.8 Å². The molecule has 0 saturated carbocycles. The van der Waals surface area contributed by atoms with Gasteiger partial charge in [-0.05, 0) is 6.07 Å². The van der Waals surface area contributed by atoms with Crippen LogP contribution in [-0.2, 0) is 0 Å². The summed E-state index contributed by atoms with van der Waals surface area (Å²) in [5.41, 5.74) is 1.03. The molecule has 19 heavy (non-hydrogen) atoms. The third kappa shape index (κ3) is 1.89. The van der Waals surface area contributed by atoms with Crippen molar-refractivity contribution in [1.82, 2.24) is 19.7 Å². The van der Waals surface area contributed by atoms with E-state index in [0.29, 0.717) is 21.9 Å². The van der Waals surface area contributed by atoms with Crippen LogP contribution in [0.3, 0.4) is 0 Å². The highest BCUT2D eigenvalue weighted by molar-refractivity contribution is 6.33. The molecule has 0 atom stereocenters. The predicted octanol–water partition coefficient (Wildman–Crippen LogP) is 2.38. The smallest absolute Gasteiger partial charge is 0.258 e. The van der Waals surface area contributed by atoms with E-state index in [1.807, 2.05) is 0 Å². The Bertz CT molecular complexity index is 786. The number of nitro benzene ring substituents is 1. The number of non-ortho nitro benzene ring substituents is 1. The molecular formula is C11H6ClN5O2. The number of hydrogen-bond acceptors (Lipinski definition) is 5. The summed E-state index contributed by atoms with van der Waals surface area (Å²) in [6.07, 6.45) is 2.84. The second kappa shape index (κ2) is 4.29. The summed E-state index contributed by atoms with van der Waals surface area (Å²) < 4.78 is 1.48. The quantitative estimate of drug-likeness (QED) is 0.407. The minimum Gasteiger partial charge on any atom is -0.258 e. The van der Waals surface area contributed by atoms with E-state index in [1.165, 1.54) is 29.3 Å². The first kappa shape index (κ1) is 11.5. The van der Waals surface area contributed by atoms with Gasteiger partial charge in [-0.25, -0.2) is 14.6 Å². The van der Waals surface area contributed by atoms with Crippen LogP contribution in [-0.4, -0.2) is 24.7 Å². The van der Waals surface area contributed by atoms with Crippen molar-refractivity contribution in [3.63, 3.8) is 0 Å². The molecule has 0 aliphatic rings. The summed E-state index contributed by atoms with van der Waals surface area (Å²) >= 11 is 5.93. The third-order valence-electron chi connectivity index (χ3n) is 2.60. The number of nitro groups is 1. The molecule has 94 valence electrons. The number of halogens is 1.